The quantitative estimate of drug-likeness (QED) is 0.285. The number of methoxy groups -OCH3 is 3. The van der Waals surface area contributed by atoms with Gasteiger partial charge in [0.25, 0.3) is 11.5 Å². The number of H-pyrrole nitrogens is 1. The van der Waals surface area contributed by atoms with Gasteiger partial charge in [-0.2, -0.15) is 0 Å². The van der Waals surface area contributed by atoms with Crippen LogP contribution in [0.5, 0.6) is 17.2 Å². The van der Waals surface area contributed by atoms with Crippen molar-refractivity contribution < 1.29 is 23.7 Å². The van der Waals surface area contributed by atoms with Gasteiger partial charge in [-0.1, -0.05) is 12.1 Å². The number of aryl methyl sites for hydroxylation is 2. The Kier molecular flexibility index (Phi) is 8.33. The highest BCUT2D eigenvalue weighted by molar-refractivity contribution is 5.95. The topological polar surface area (TPSA) is 103 Å². The summed E-state index contributed by atoms with van der Waals surface area (Å²) in [5.74, 6) is 1.57. The standard InChI is InChI=1S/C34H37N3O6/c1-40-28-13-7-5-11-24(28)31-22(18-25-29(41-2)14-15-30(42-3)32(25)36-31)19-37(20-23-10-8-16-43-23)34(39)26-17-21-9-4-6-12-27(21)35-33(26)38/h5,7,11,13-15,17-18,23H,4,6,8-10,12,16,19-20H2,1-3H3,(H,35,38)/t23-/m1/s1. The molecule has 2 aromatic carbocycles. The molecule has 1 aliphatic heterocycles. The van der Waals surface area contributed by atoms with Crippen LogP contribution in [-0.4, -0.2) is 61.4 Å². The zero-order chi connectivity index (χ0) is 29.9. The number of aromatic amines is 1. The van der Waals surface area contributed by atoms with E-state index in [1.54, 1.807) is 32.3 Å². The normalized spacial score (nSPS) is 16.1. The van der Waals surface area contributed by atoms with Gasteiger partial charge in [-0.3, -0.25) is 9.59 Å². The second-order valence-electron chi connectivity index (χ2n) is 11.1. The molecular formula is C34H37N3O6. The molecule has 0 saturated carbocycles. The van der Waals surface area contributed by atoms with Crippen LogP contribution in [-0.2, 0) is 24.1 Å². The Bertz CT molecular complexity index is 1710. The minimum absolute atomic E-state index is 0.113. The van der Waals surface area contributed by atoms with Gasteiger partial charge in [-0.15, -0.1) is 0 Å². The molecule has 1 saturated heterocycles. The Hall–Kier alpha value is -4.37. The van der Waals surface area contributed by atoms with Crippen molar-refractivity contribution in [2.75, 3.05) is 34.5 Å². The third kappa shape index (κ3) is 5.69. The molecule has 9 heteroatoms. The van der Waals surface area contributed by atoms with Crippen molar-refractivity contribution in [3.63, 3.8) is 0 Å². The lowest BCUT2D eigenvalue weighted by Crippen LogP contribution is -2.40. The maximum absolute atomic E-state index is 14.3. The molecule has 6 rings (SSSR count). The van der Waals surface area contributed by atoms with Crippen LogP contribution >= 0.6 is 0 Å². The minimum atomic E-state index is -0.351. The molecule has 9 nitrogen and oxygen atoms in total. The fraction of sp³-hybridized carbons (Fsp3) is 0.382. The molecule has 1 fully saturated rings. The number of ether oxygens (including phenoxy) is 4. The lowest BCUT2D eigenvalue weighted by Gasteiger charge is -2.27. The summed E-state index contributed by atoms with van der Waals surface area (Å²) in [7, 11) is 4.85. The van der Waals surface area contributed by atoms with E-state index in [-0.39, 0.29) is 29.7 Å². The summed E-state index contributed by atoms with van der Waals surface area (Å²) in [5, 5.41) is 0.756. The summed E-state index contributed by atoms with van der Waals surface area (Å²) in [4.78, 5) is 37.3. The summed E-state index contributed by atoms with van der Waals surface area (Å²) < 4.78 is 23.1. The first-order valence-electron chi connectivity index (χ1n) is 14.8. The number of nitrogens with one attached hydrogen (secondary N) is 1. The van der Waals surface area contributed by atoms with Gasteiger partial charge in [0.2, 0.25) is 0 Å². The molecule has 2 aromatic heterocycles. The molecule has 0 bridgehead atoms. The van der Waals surface area contributed by atoms with E-state index < -0.39 is 0 Å². The fourth-order valence-electron chi connectivity index (χ4n) is 6.25. The minimum Gasteiger partial charge on any atom is -0.496 e. The van der Waals surface area contributed by atoms with Gasteiger partial charge in [0, 0.05) is 36.3 Å². The molecule has 0 spiro atoms. The van der Waals surface area contributed by atoms with Crippen molar-refractivity contribution in [2.24, 2.45) is 0 Å². The second kappa shape index (κ2) is 12.5. The van der Waals surface area contributed by atoms with E-state index in [4.69, 9.17) is 23.9 Å². The number of benzene rings is 2. The Morgan fingerprint density at radius 1 is 0.977 bits per heavy atom. The summed E-state index contributed by atoms with van der Waals surface area (Å²) in [5.41, 5.74) is 4.64. The number of hydrogen-bond donors (Lipinski definition) is 1. The number of rotatable bonds is 9. The predicted octanol–water partition coefficient (Wildman–Crippen LogP) is 5.32. The SMILES string of the molecule is COc1ccccc1-c1nc2c(OC)ccc(OC)c2cc1CN(C[C@H]1CCCO1)C(=O)c1cc2c([nH]c1=O)CCCC2. The molecule has 0 radical (unpaired) electrons. The van der Waals surface area contributed by atoms with Crippen LogP contribution in [0, 0.1) is 0 Å². The number of pyridine rings is 2. The first-order valence-corrected chi connectivity index (χ1v) is 14.8. The number of para-hydroxylation sites is 1. The monoisotopic (exact) mass is 583 g/mol. The molecule has 0 unspecified atom stereocenters. The van der Waals surface area contributed by atoms with Crippen LogP contribution in [0.4, 0.5) is 0 Å². The number of aromatic nitrogens is 2. The number of carbonyl (C=O) groups excluding carboxylic acids is 1. The second-order valence-corrected chi connectivity index (χ2v) is 11.1. The third-order valence-corrected chi connectivity index (χ3v) is 8.45. The highest BCUT2D eigenvalue weighted by atomic mass is 16.5. The Morgan fingerprint density at radius 3 is 2.51 bits per heavy atom. The molecule has 1 atom stereocenters. The van der Waals surface area contributed by atoms with Crippen molar-refractivity contribution >= 4 is 16.8 Å². The van der Waals surface area contributed by atoms with E-state index in [9.17, 15) is 9.59 Å². The third-order valence-electron chi connectivity index (χ3n) is 8.45. The van der Waals surface area contributed by atoms with E-state index in [0.717, 1.165) is 66.3 Å². The van der Waals surface area contributed by atoms with Crippen LogP contribution in [0.1, 0.15) is 52.9 Å². The molecule has 43 heavy (non-hydrogen) atoms. The van der Waals surface area contributed by atoms with Crippen molar-refractivity contribution in [3.05, 3.63) is 81.3 Å². The van der Waals surface area contributed by atoms with Crippen LogP contribution in [0.15, 0.2) is 53.3 Å². The lowest BCUT2D eigenvalue weighted by molar-refractivity contribution is 0.0506. The number of hydrogen-bond acceptors (Lipinski definition) is 7. The number of carbonyl (C=O) groups is 1. The molecule has 1 amide bonds. The molecular weight excluding hydrogens is 546 g/mol. The van der Waals surface area contributed by atoms with Crippen molar-refractivity contribution in [2.45, 2.75) is 51.2 Å². The molecule has 3 heterocycles. The van der Waals surface area contributed by atoms with Gasteiger partial charge in [0.15, 0.2) is 0 Å². The summed E-state index contributed by atoms with van der Waals surface area (Å²) in [6.45, 7) is 1.22. The van der Waals surface area contributed by atoms with Crippen molar-refractivity contribution in [3.8, 4) is 28.5 Å². The number of fused-ring (bicyclic) bond motifs is 2. The summed E-state index contributed by atoms with van der Waals surface area (Å²) in [6, 6.07) is 15.1. The molecule has 2 aliphatic rings. The van der Waals surface area contributed by atoms with Crippen LogP contribution < -0.4 is 19.8 Å². The fourth-order valence-corrected chi connectivity index (χ4v) is 6.25. The first-order chi connectivity index (χ1) is 21.0. The van der Waals surface area contributed by atoms with E-state index in [1.807, 2.05) is 42.5 Å². The maximum atomic E-state index is 14.3. The predicted molar refractivity (Wildman–Crippen MR) is 164 cm³/mol. The van der Waals surface area contributed by atoms with Crippen molar-refractivity contribution in [1.82, 2.24) is 14.9 Å². The molecule has 1 aliphatic carbocycles. The van der Waals surface area contributed by atoms with E-state index in [2.05, 4.69) is 4.98 Å². The highest BCUT2D eigenvalue weighted by Crippen LogP contribution is 2.39. The number of amides is 1. The smallest absolute Gasteiger partial charge is 0.261 e. The van der Waals surface area contributed by atoms with Gasteiger partial charge in [0.1, 0.15) is 28.3 Å². The van der Waals surface area contributed by atoms with Gasteiger partial charge in [-0.25, -0.2) is 4.98 Å². The average molecular weight is 584 g/mol. The molecule has 4 aromatic rings. The Balaban J connectivity index is 1.50. The van der Waals surface area contributed by atoms with E-state index in [1.165, 1.54) is 0 Å². The zero-order valence-electron chi connectivity index (χ0n) is 24.9. The maximum Gasteiger partial charge on any atom is 0.261 e. The summed E-state index contributed by atoms with van der Waals surface area (Å²) >= 11 is 0. The van der Waals surface area contributed by atoms with Crippen LogP contribution in [0.25, 0.3) is 22.2 Å². The van der Waals surface area contributed by atoms with E-state index in [0.29, 0.717) is 41.6 Å². The van der Waals surface area contributed by atoms with Crippen LogP contribution in [0.3, 0.4) is 0 Å². The van der Waals surface area contributed by atoms with Crippen molar-refractivity contribution in [1.29, 1.82) is 0 Å². The summed E-state index contributed by atoms with van der Waals surface area (Å²) in [6.07, 6.45) is 5.44. The first kappa shape index (κ1) is 28.7. The Labute approximate surface area is 250 Å². The zero-order valence-corrected chi connectivity index (χ0v) is 24.9. The highest BCUT2D eigenvalue weighted by Gasteiger charge is 2.28. The van der Waals surface area contributed by atoms with Gasteiger partial charge < -0.3 is 28.8 Å². The lowest BCUT2D eigenvalue weighted by atomic mass is 9.94. The van der Waals surface area contributed by atoms with Gasteiger partial charge >= 0.3 is 0 Å². The van der Waals surface area contributed by atoms with Gasteiger partial charge in [0.05, 0.1) is 33.1 Å². The largest absolute Gasteiger partial charge is 0.496 e. The Morgan fingerprint density at radius 2 is 1.74 bits per heavy atom. The van der Waals surface area contributed by atoms with Gasteiger partial charge in [-0.05, 0) is 86.1 Å². The average Bonchev–Trinajstić information content (AvgIpc) is 3.56. The van der Waals surface area contributed by atoms with E-state index >= 15 is 0 Å². The molecule has 224 valence electrons. The molecule has 1 N–H and O–H groups in total. The van der Waals surface area contributed by atoms with Crippen LogP contribution in [0.2, 0.25) is 0 Å². The number of nitrogens with zero attached hydrogens (tertiary/aromatic N) is 2.